The van der Waals surface area contributed by atoms with Crippen LogP contribution in [0.4, 0.5) is 11.4 Å². The Morgan fingerprint density at radius 3 is 2.72 bits per heavy atom. The van der Waals surface area contributed by atoms with E-state index in [4.69, 9.17) is 5.11 Å². The van der Waals surface area contributed by atoms with Crippen molar-refractivity contribution >= 4 is 34.0 Å². The van der Waals surface area contributed by atoms with Gasteiger partial charge in [-0.1, -0.05) is 0 Å². The molecule has 5 nitrogen and oxygen atoms in total. The molecule has 0 aliphatic heterocycles. The van der Waals surface area contributed by atoms with Crippen molar-refractivity contribution in [1.29, 1.82) is 0 Å². The summed E-state index contributed by atoms with van der Waals surface area (Å²) >= 11 is 2.07. The Labute approximate surface area is 120 Å². The molecule has 0 unspecified atom stereocenters. The minimum atomic E-state index is -0.346. The summed E-state index contributed by atoms with van der Waals surface area (Å²) in [6, 6.07) is 5.24. The van der Waals surface area contributed by atoms with E-state index in [1.165, 1.54) is 0 Å². The van der Waals surface area contributed by atoms with Gasteiger partial charge in [0.05, 0.1) is 4.92 Å². The standard InChI is InChI=1S/C12H17IN2O3/c1-14(7-3-2-4-8-16)11-6-5-10(13)9-12(11)15(17)18/h5-6,9,16H,2-4,7-8H2,1H3. The number of nitro groups is 1. The highest BCUT2D eigenvalue weighted by molar-refractivity contribution is 14.1. The van der Waals surface area contributed by atoms with Gasteiger partial charge in [0.2, 0.25) is 0 Å². The average molecular weight is 364 g/mol. The van der Waals surface area contributed by atoms with Crippen molar-refractivity contribution < 1.29 is 10.0 Å². The minimum Gasteiger partial charge on any atom is -0.396 e. The van der Waals surface area contributed by atoms with Crippen LogP contribution in [0.2, 0.25) is 0 Å². The molecule has 6 heteroatoms. The number of nitrogens with zero attached hydrogens (tertiary/aromatic N) is 2. The van der Waals surface area contributed by atoms with E-state index < -0.39 is 0 Å². The van der Waals surface area contributed by atoms with Crippen LogP contribution in [-0.2, 0) is 0 Å². The maximum absolute atomic E-state index is 11.0. The quantitative estimate of drug-likeness (QED) is 0.350. The molecule has 1 aromatic rings. The second kappa shape index (κ2) is 7.52. The Morgan fingerprint density at radius 2 is 2.11 bits per heavy atom. The van der Waals surface area contributed by atoms with E-state index in [2.05, 4.69) is 22.6 Å². The largest absolute Gasteiger partial charge is 0.396 e. The summed E-state index contributed by atoms with van der Waals surface area (Å²) in [5, 5.41) is 19.7. The smallest absolute Gasteiger partial charge is 0.293 e. The van der Waals surface area contributed by atoms with Gasteiger partial charge in [0.25, 0.3) is 5.69 Å². The van der Waals surface area contributed by atoms with E-state index in [1.54, 1.807) is 12.1 Å². The molecule has 100 valence electrons. The topological polar surface area (TPSA) is 66.6 Å². The molecule has 1 aromatic carbocycles. The zero-order valence-corrected chi connectivity index (χ0v) is 12.5. The van der Waals surface area contributed by atoms with E-state index in [1.807, 2.05) is 18.0 Å². The number of anilines is 1. The van der Waals surface area contributed by atoms with E-state index in [0.717, 1.165) is 29.4 Å². The van der Waals surface area contributed by atoms with Gasteiger partial charge in [0.15, 0.2) is 0 Å². The molecule has 1 rings (SSSR count). The summed E-state index contributed by atoms with van der Waals surface area (Å²) in [7, 11) is 1.86. The van der Waals surface area contributed by atoms with Crippen LogP contribution < -0.4 is 4.90 Å². The molecule has 0 saturated carbocycles. The Kier molecular flexibility index (Phi) is 6.34. The summed E-state index contributed by atoms with van der Waals surface area (Å²) in [5.74, 6) is 0. The van der Waals surface area contributed by atoms with E-state index in [-0.39, 0.29) is 17.2 Å². The predicted octanol–water partition coefficient (Wildman–Crippen LogP) is 2.80. The van der Waals surface area contributed by atoms with Crippen LogP contribution in [0.5, 0.6) is 0 Å². The fourth-order valence-electron chi connectivity index (χ4n) is 1.72. The van der Waals surface area contributed by atoms with Crippen molar-refractivity contribution in [3.63, 3.8) is 0 Å². The Hall–Kier alpha value is -0.890. The fraction of sp³-hybridized carbons (Fsp3) is 0.500. The third kappa shape index (κ3) is 4.41. The summed E-state index contributed by atoms with van der Waals surface area (Å²) in [4.78, 5) is 12.5. The minimum absolute atomic E-state index is 0.145. The molecule has 0 atom stereocenters. The molecule has 0 amide bonds. The number of hydrogen-bond donors (Lipinski definition) is 1. The van der Waals surface area contributed by atoms with Crippen molar-refractivity contribution in [2.24, 2.45) is 0 Å². The number of aliphatic hydroxyl groups excluding tert-OH is 1. The van der Waals surface area contributed by atoms with Crippen LogP contribution >= 0.6 is 22.6 Å². The molecule has 0 aliphatic carbocycles. The fourth-order valence-corrected chi connectivity index (χ4v) is 2.20. The lowest BCUT2D eigenvalue weighted by Crippen LogP contribution is -2.19. The monoisotopic (exact) mass is 364 g/mol. The van der Waals surface area contributed by atoms with E-state index in [9.17, 15) is 10.1 Å². The summed E-state index contributed by atoms with van der Waals surface area (Å²) < 4.78 is 0.858. The molecule has 0 aliphatic rings. The Bertz CT molecular complexity index is 412. The van der Waals surface area contributed by atoms with Crippen molar-refractivity contribution in [2.75, 3.05) is 25.1 Å². The van der Waals surface area contributed by atoms with Crippen molar-refractivity contribution in [2.45, 2.75) is 19.3 Å². The van der Waals surface area contributed by atoms with E-state index >= 15 is 0 Å². The number of unbranched alkanes of at least 4 members (excludes halogenated alkanes) is 2. The summed E-state index contributed by atoms with van der Waals surface area (Å²) in [6.07, 6.45) is 2.63. The van der Waals surface area contributed by atoms with Gasteiger partial charge >= 0.3 is 0 Å². The van der Waals surface area contributed by atoms with Gasteiger partial charge < -0.3 is 10.0 Å². The van der Waals surface area contributed by atoms with Crippen LogP contribution in [0.25, 0.3) is 0 Å². The highest BCUT2D eigenvalue weighted by Gasteiger charge is 2.17. The molecule has 0 aromatic heterocycles. The summed E-state index contributed by atoms with van der Waals surface area (Å²) in [5.41, 5.74) is 0.788. The van der Waals surface area contributed by atoms with Crippen molar-refractivity contribution in [3.8, 4) is 0 Å². The number of rotatable bonds is 7. The van der Waals surface area contributed by atoms with Crippen molar-refractivity contribution in [3.05, 3.63) is 31.9 Å². The van der Waals surface area contributed by atoms with Crippen molar-refractivity contribution in [1.82, 2.24) is 0 Å². The maximum Gasteiger partial charge on any atom is 0.293 e. The average Bonchev–Trinajstić information content (AvgIpc) is 2.34. The van der Waals surface area contributed by atoms with Gasteiger partial charge in [-0.25, -0.2) is 0 Å². The number of nitro benzene ring substituents is 1. The molecule has 0 radical (unpaired) electrons. The first-order chi connectivity index (χ1) is 8.56. The molecule has 0 bridgehead atoms. The van der Waals surface area contributed by atoms with Gasteiger partial charge in [-0.3, -0.25) is 10.1 Å². The molecule has 0 spiro atoms. The molecular formula is C12H17IN2O3. The van der Waals surface area contributed by atoms with Gasteiger partial charge in [0, 0.05) is 29.8 Å². The van der Waals surface area contributed by atoms with Gasteiger partial charge in [-0.15, -0.1) is 0 Å². The zero-order chi connectivity index (χ0) is 13.5. The number of aliphatic hydroxyl groups is 1. The molecule has 0 heterocycles. The molecular weight excluding hydrogens is 347 g/mol. The third-order valence-electron chi connectivity index (χ3n) is 2.70. The van der Waals surface area contributed by atoms with Crippen LogP contribution in [0.1, 0.15) is 19.3 Å². The first-order valence-corrected chi connectivity index (χ1v) is 6.90. The highest BCUT2D eigenvalue weighted by Crippen LogP contribution is 2.29. The number of halogens is 1. The molecule has 0 fully saturated rings. The lowest BCUT2D eigenvalue weighted by molar-refractivity contribution is -0.384. The van der Waals surface area contributed by atoms with E-state index in [0.29, 0.717) is 5.69 Å². The SMILES string of the molecule is CN(CCCCCO)c1ccc(I)cc1[N+](=O)[O-]. The highest BCUT2D eigenvalue weighted by atomic mass is 127. The van der Waals surface area contributed by atoms with Crippen LogP contribution in [-0.4, -0.2) is 30.2 Å². The van der Waals surface area contributed by atoms with Gasteiger partial charge in [-0.2, -0.15) is 0 Å². The summed E-state index contributed by atoms with van der Waals surface area (Å²) in [6.45, 7) is 0.953. The second-order valence-electron chi connectivity index (χ2n) is 4.10. The lowest BCUT2D eigenvalue weighted by atomic mass is 10.2. The predicted molar refractivity (Wildman–Crippen MR) is 80.0 cm³/mol. The van der Waals surface area contributed by atoms with Crippen LogP contribution in [0.3, 0.4) is 0 Å². The molecule has 0 saturated heterocycles. The lowest BCUT2D eigenvalue weighted by Gasteiger charge is -2.19. The zero-order valence-electron chi connectivity index (χ0n) is 10.3. The number of hydrogen-bond acceptors (Lipinski definition) is 4. The van der Waals surface area contributed by atoms with Gasteiger partial charge in [0.1, 0.15) is 5.69 Å². The number of benzene rings is 1. The third-order valence-corrected chi connectivity index (χ3v) is 3.37. The first-order valence-electron chi connectivity index (χ1n) is 5.82. The first kappa shape index (κ1) is 15.2. The Morgan fingerprint density at radius 1 is 1.39 bits per heavy atom. The molecule has 18 heavy (non-hydrogen) atoms. The normalized spacial score (nSPS) is 10.4. The maximum atomic E-state index is 11.0. The van der Waals surface area contributed by atoms with Gasteiger partial charge in [-0.05, 0) is 54.0 Å². The van der Waals surface area contributed by atoms with Crippen LogP contribution in [0, 0.1) is 13.7 Å². The Balaban J connectivity index is 2.72. The molecule has 1 N–H and O–H groups in total. The van der Waals surface area contributed by atoms with Crippen LogP contribution in [0.15, 0.2) is 18.2 Å². The second-order valence-corrected chi connectivity index (χ2v) is 5.34.